The number of rotatable bonds is 0. The third kappa shape index (κ3) is 2.18. The molecule has 2 rings (SSSR count). The zero-order chi connectivity index (χ0) is 12.0. The standard InChI is InChI=1S/C14H24O2/c1-10-11(2)16-14(15-10)8-6-7-12(9-14)13(3,4)5/h6,8,10-12H,7,9H2,1-5H3/t10-,11-,12+/m1/s1. The quantitative estimate of drug-likeness (QED) is 0.586. The summed E-state index contributed by atoms with van der Waals surface area (Å²) in [4.78, 5) is 0. The fourth-order valence-electron chi connectivity index (χ4n) is 2.59. The Kier molecular flexibility index (Phi) is 2.92. The summed E-state index contributed by atoms with van der Waals surface area (Å²) in [5.74, 6) is 0.199. The molecule has 16 heavy (non-hydrogen) atoms. The smallest absolute Gasteiger partial charge is 0.188 e. The van der Waals surface area contributed by atoms with Gasteiger partial charge in [-0.05, 0) is 37.7 Å². The Hall–Kier alpha value is -0.340. The molecule has 2 nitrogen and oxygen atoms in total. The third-order valence-electron chi connectivity index (χ3n) is 3.98. The molecule has 0 aromatic carbocycles. The highest BCUT2D eigenvalue weighted by Crippen LogP contribution is 2.44. The monoisotopic (exact) mass is 224 g/mol. The minimum atomic E-state index is -0.435. The molecule has 0 aromatic rings. The fourth-order valence-corrected chi connectivity index (χ4v) is 2.59. The maximum atomic E-state index is 6.02. The van der Waals surface area contributed by atoms with Crippen molar-refractivity contribution in [2.75, 3.05) is 0 Å². The Morgan fingerprint density at radius 3 is 2.19 bits per heavy atom. The zero-order valence-electron chi connectivity index (χ0n) is 11.1. The van der Waals surface area contributed by atoms with Gasteiger partial charge in [0.1, 0.15) is 0 Å². The zero-order valence-corrected chi connectivity index (χ0v) is 11.1. The van der Waals surface area contributed by atoms with Gasteiger partial charge in [0.25, 0.3) is 0 Å². The van der Waals surface area contributed by atoms with Crippen LogP contribution in [-0.4, -0.2) is 18.0 Å². The molecule has 2 heteroatoms. The van der Waals surface area contributed by atoms with Crippen LogP contribution in [0.4, 0.5) is 0 Å². The highest BCUT2D eigenvalue weighted by atomic mass is 16.8. The van der Waals surface area contributed by atoms with Crippen molar-refractivity contribution in [3.05, 3.63) is 12.2 Å². The van der Waals surface area contributed by atoms with E-state index >= 15 is 0 Å². The first-order chi connectivity index (χ1) is 7.32. The molecule has 0 aromatic heterocycles. The van der Waals surface area contributed by atoms with Crippen molar-refractivity contribution < 1.29 is 9.47 Å². The third-order valence-corrected chi connectivity index (χ3v) is 3.98. The number of hydrogen-bond donors (Lipinski definition) is 0. The van der Waals surface area contributed by atoms with Crippen molar-refractivity contribution in [1.82, 2.24) is 0 Å². The largest absolute Gasteiger partial charge is 0.341 e. The molecule has 0 bridgehead atoms. The first kappa shape index (κ1) is 12.1. The normalized spacial score (nSPS) is 38.2. The van der Waals surface area contributed by atoms with Crippen LogP contribution in [0.15, 0.2) is 12.2 Å². The van der Waals surface area contributed by atoms with Gasteiger partial charge in [-0.3, -0.25) is 0 Å². The van der Waals surface area contributed by atoms with Crippen molar-refractivity contribution in [2.24, 2.45) is 11.3 Å². The van der Waals surface area contributed by atoms with Crippen molar-refractivity contribution in [1.29, 1.82) is 0 Å². The summed E-state index contributed by atoms with van der Waals surface area (Å²) in [5, 5.41) is 0. The first-order valence-electron chi connectivity index (χ1n) is 6.36. The van der Waals surface area contributed by atoms with Gasteiger partial charge in [-0.25, -0.2) is 0 Å². The van der Waals surface area contributed by atoms with Gasteiger partial charge in [-0.2, -0.15) is 0 Å². The average molecular weight is 224 g/mol. The van der Waals surface area contributed by atoms with Gasteiger partial charge in [0.2, 0.25) is 0 Å². The van der Waals surface area contributed by atoms with E-state index < -0.39 is 5.79 Å². The average Bonchev–Trinajstić information content (AvgIpc) is 2.40. The second kappa shape index (κ2) is 3.85. The summed E-state index contributed by atoms with van der Waals surface area (Å²) in [6.07, 6.45) is 6.87. The lowest BCUT2D eigenvalue weighted by Gasteiger charge is -2.39. The summed E-state index contributed by atoms with van der Waals surface area (Å²) >= 11 is 0. The van der Waals surface area contributed by atoms with Gasteiger partial charge in [0, 0.05) is 6.42 Å². The van der Waals surface area contributed by atoms with Crippen LogP contribution in [0.5, 0.6) is 0 Å². The molecule has 0 saturated carbocycles. The van der Waals surface area contributed by atoms with Crippen LogP contribution >= 0.6 is 0 Å². The molecule has 3 atom stereocenters. The molecule has 1 spiro atoms. The second-order valence-corrected chi connectivity index (χ2v) is 6.36. The van der Waals surface area contributed by atoms with Gasteiger partial charge in [0.05, 0.1) is 12.2 Å². The van der Waals surface area contributed by atoms with E-state index in [0.717, 1.165) is 12.8 Å². The van der Waals surface area contributed by atoms with E-state index in [9.17, 15) is 0 Å². The van der Waals surface area contributed by atoms with Crippen LogP contribution in [0.2, 0.25) is 0 Å². The molecule has 1 heterocycles. The summed E-state index contributed by atoms with van der Waals surface area (Å²) in [6.45, 7) is 11.1. The van der Waals surface area contributed by atoms with Crippen LogP contribution in [0.3, 0.4) is 0 Å². The lowest BCUT2D eigenvalue weighted by molar-refractivity contribution is -0.157. The van der Waals surface area contributed by atoms with Gasteiger partial charge >= 0.3 is 0 Å². The maximum Gasteiger partial charge on any atom is 0.188 e. The van der Waals surface area contributed by atoms with Crippen LogP contribution in [0.25, 0.3) is 0 Å². The molecular formula is C14H24O2. The Morgan fingerprint density at radius 2 is 1.69 bits per heavy atom. The fraction of sp³-hybridized carbons (Fsp3) is 0.857. The van der Waals surface area contributed by atoms with E-state index in [1.165, 1.54) is 0 Å². The van der Waals surface area contributed by atoms with E-state index in [-0.39, 0.29) is 12.2 Å². The van der Waals surface area contributed by atoms with E-state index in [4.69, 9.17) is 9.47 Å². The molecule has 1 saturated heterocycles. The molecule has 1 fully saturated rings. The summed E-state index contributed by atoms with van der Waals surface area (Å²) in [7, 11) is 0. The molecule has 0 amide bonds. The first-order valence-corrected chi connectivity index (χ1v) is 6.36. The molecule has 92 valence electrons. The maximum absolute atomic E-state index is 6.02. The summed E-state index contributed by atoms with van der Waals surface area (Å²) in [5.41, 5.74) is 0.319. The molecule has 2 aliphatic rings. The van der Waals surface area contributed by atoms with E-state index in [2.05, 4.69) is 46.8 Å². The number of allylic oxidation sites excluding steroid dienone is 1. The second-order valence-electron chi connectivity index (χ2n) is 6.36. The van der Waals surface area contributed by atoms with Gasteiger partial charge in [-0.15, -0.1) is 0 Å². The molecule has 1 aliphatic heterocycles. The van der Waals surface area contributed by atoms with E-state index in [1.807, 2.05) is 0 Å². The Balaban J connectivity index is 2.14. The van der Waals surface area contributed by atoms with Gasteiger partial charge < -0.3 is 9.47 Å². The minimum Gasteiger partial charge on any atom is -0.341 e. The SMILES string of the molecule is C[C@H]1OC2(C=CC[C@H](C(C)(C)C)C2)O[C@@H]1C. The molecule has 1 aliphatic carbocycles. The predicted molar refractivity (Wildman–Crippen MR) is 65.1 cm³/mol. The van der Waals surface area contributed by atoms with Crippen LogP contribution in [-0.2, 0) is 9.47 Å². The van der Waals surface area contributed by atoms with Crippen molar-refractivity contribution >= 4 is 0 Å². The lowest BCUT2D eigenvalue weighted by Crippen LogP contribution is -2.38. The molecular weight excluding hydrogens is 200 g/mol. The summed E-state index contributed by atoms with van der Waals surface area (Å²) < 4.78 is 12.0. The molecule has 0 N–H and O–H groups in total. The summed E-state index contributed by atoms with van der Waals surface area (Å²) in [6, 6.07) is 0. The minimum absolute atomic E-state index is 0.198. The van der Waals surface area contributed by atoms with Gasteiger partial charge in [-0.1, -0.05) is 26.8 Å². The molecule has 0 radical (unpaired) electrons. The topological polar surface area (TPSA) is 18.5 Å². The van der Waals surface area contributed by atoms with E-state index in [0.29, 0.717) is 11.3 Å². The Morgan fingerprint density at radius 1 is 1.12 bits per heavy atom. The number of hydrogen-bond acceptors (Lipinski definition) is 2. The highest BCUT2D eigenvalue weighted by molar-refractivity contribution is 5.07. The van der Waals surface area contributed by atoms with Crippen LogP contribution in [0, 0.1) is 11.3 Å². The van der Waals surface area contributed by atoms with Crippen molar-refractivity contribution in [2.45, 2.75) is 65.5 Å². The van der Waals surface area contributed by atoms with E-state index in [1.54, 1.807) is 0 Å². The van der Waals surface area contributed by atoms with Gasteiger partial charge in [0.15, 0.2) is 5.79 Å². The lowest BCUT2D eigenvalue weighted by atomic mass is 9.73. The van der Waals surface area contributed by atoms with Crippen LogP contribution < -0.4 is 0 Å². The predicted octanol–water partition coefficient (Wildman–Crippen LogP) is 3.52. The van der Waals surface area contributed by atoms with Crippen molar-refractivity contribution in [3.8, 4) is 0 Å². The highest BCUT2D eigenvalue weighted by Gasteiger charge is 2.46. The van der Waals surface area contributed by atoms with Crippen molar-refractivity contribution in [3.63, 3.8) is 0 Å². The Labute approximate surface area is 99.0 Å². The molecule has 0 unspecified atom stereocenters. The van der Waals surface area contributed by atoms with Crippen LogP contribution in [0.1, 0.15) is 47.5 Å². The number of ether oxygens (including phenoxy) is 2. The Bertz CT molecular complexity index is 278.